The summed E-state index contributed by atoms with van der Waals surface area (Å²) in [5.74, 6) is -0.910. The zero-order chi connectivity index (χ0) is 55.7. The first-order valence-electron chi connectivity index (χ1n) is 32.0. The fraction of sp³-hybridized carbons (Fsp3) is 0.676. The van der Waals surface area contributed by atoms with Crippen LogP contribution in [0.15, 0.2) is 122 Å². The Morgan fingerprint density at radius 1 is 0.273 bits per heavy atom. The quantitative estimate of drug-likeness (QED) is 0.0261. The lowest BCUT2D eigenvalue weighted by atomic mass is 10.1. The van der Waals surface area contributed by atoms with Crippen molar-refractivity contribution in [1.29, 1.82) is 0 Å². The maximum absolute atomic E-state index is 12.9. The molecule has 0 N–H and O–H groups in total. The molecule has 1 unspecified atom stereocenters. The average Bonchev–Trinajstić information content (AvgIpc) is 3.43. The Morgan fingerprint density at radius 2 is 0.519 bits per heavy atom. The van der Waals surface area contributed by atoms with Gasteiger partial charge < -0.3 is 14.2 Å². The highest BCUT2D eigenvalue weighted by atomic mass is 16.6. The monoisotopic (exact) mass is 1070 g/mol. The van der Waals surface area contributed by atoms with Gasteiger partial charge in [-0.1, -0.05) is 264 Å². The molecule has 0 aromatic rings. The number of hydrogen-bond donors (Lipinski definition) is 0. The van der Waals surface area contributed by atoms with Gasteiger partial charge in [-0.2, -0.15) is 0 Å². The van der Waals surface area contributed by atoms with E-state index < -0.39 is 6.10 Å². The van der Waals surface area contributed by atoms with Gasteiger partial charge in [-0.05, 0) is 128 Å². The van der Waals surface area contributed by atoms with Crippen LogP contribution in [-0.2, 0) is 28.6 Å². The van der Waals surface area contributed by atoms with E-state index in [4.69, 9.17) is 14.2 Å². The van der Waals surface area contributed by atoms with Crippen molar-refractivity contribution in [2.24, 2.45) is 0 Å². The molecule has 0 heterocycles. The van der Waals surface area contributed by atoms with Gasteiger partial charge in [0.1, 0.15) is 13.2 Å². The molecule has 77 heavy (non-hydrogen) atoms. The highest BCUT2D eigenvalue weighted by Crippen LogP contribution is 2.15. The van der Waals surface area contributed by atoms with Gasteiger partial charge in [-0.25, -0.2) is 0 Å². The minimum Gasteiger partial charge on any atom is -0.462 e. The zero-order valence-corrected chi connectivity index (χ0v) is 50.2. The molecule has 6 heteroatoms. The molecule has 0 aromatic heterocycles. The molecule has 0 bridgehead atoms. The number of unbranched alkanes of at least 4 members (excludes halogenated alkanes) is 26. The molecular formula is C71H118O6. The highest BCUT2D eigenvalue weighted by molar-refractivity contribution is 5.71. The van der Waals surface area contributed by atoms with E-state index >= 15 is 0 Å². The fourth-order valence-corrected chi connectivity index (χ4v) is 8.61. The Morgan fingerprint density at radius 3 is 0.844 bits per heavy atom. The molecular weight excluding hydrogens is 949 g/mol. The van der Waals surface area contributed by atoms with Crippen molar-refractivity contribution in [1.82, 2.24) is 0 Å². The van der Waals surface area contributed by atoms with Crippen molar-refractivity contribution in [3.63, 3.8) is 0 Å². The summed E-state index contributed by atoms with van der Waals surface area (Å²) in [6, 6.07) is 0. The largest absolute Gasteiger partial charge is 0.462 e. The van der Waals surface area contributed by atoms with Crippen LogP contribution >= 0.6 is 0 Å². The number of carbonyl (C=O) groups excluding carboxylic acids is 3. The minimum atomic E-state index is -0.792. The molecule has 1 atom stereocenters. The van der Waals surface area contributed by atoms with E-state index in [1.165, 1.54) is 128 Å². The van der Waals surface area contributed by atoms with Crippen LogP contribution in [0.1, 0.15) is 290 Å². The van der Waals surface area contributed by atoms with Crippen molar-refractivity contribution >= 4 is 17.9 Å². The Labute approximate surface area is 475 Å². The second-order valence-electron chi connectivity index (χ2n) is 20.9. The maximum Gasteiger partial charge on any atom is 0.306 e. The number of allylic oxidation sites excluding steroid dienone is 20. The van der Waals surface area contributed by atoms with Gasteiger partial charge in [0.15, 0.2) is 6.10 Å². The molecule has 0 aromatic carbocycles. The van der Waals surface area contributed by atoms with E-state index in [1.807, 2.05) is 0 Å². The fourth-order valence-electron chi connectivity index (χ4n) is 8.61. The molecule has 0 aliphatic heterocycles. The number of rotatable bonds is 57. The van der Waals surface area contributed by atoms with Crippen molar-refractivity contribution in [2.45, 2.75) is 297 Å². The summed E-state index contributed by atoms with van der Waals surface area (Å²) in [4.78, 5) is 38.2. The van der Waals surface area contributed by atoms with E-state index in [1.54, 1.807) is 0 Å². The van der Waals surface area contributed by atoms with Crippen LogP contribution < -0.4 is 0 Å². The van der Waals surface area contributed by atoms with Gasteiger partial charge >= 0.3 is 17.9 Å². The zero-order valence-electron chi connectivity index (χ0n) is 50.2. The lowest BCUT2D eigenvalue weighted by Crippen LogP contribution is -2.30. The SMILES string of the molecule is CC/C=C\C/C=C\C/C=C\C/C=C\C/C=C\C/C=C\C/C=C\CCCCCCCCCC(=O)OCC(COC(=O)CCCCCCC/C=C\CCCC)OC(=O)CCCCCCCCCCC/C=C\C/C=C\CCCCC. The molecule has 0 fully saturated rings. The van der Waals surface area contributed by atoms with Crippen molar-refractivity contribution in [2.75, 3.05) is 13.2 Å². The van der Waals surface area contributed by atoms with Gasteiger partial charge in [0.05, 0.1) is 0 Å². The topological polar surface area (TPSA) is 78.9 Å². The molecule has 0 aliphatic rings. The second kappa shape index (κ2) is 64.3. The molecule has 6 nitrogen and oxygen atoms in total. The van der Waals surface area contributed by atoms with Crippen LogP contribution in [0.2, 0.25) is 0 Å². The third-order valence-electron chi connectivity index (χ3n) is 13.4. The van der Waals surface area contributed by atoms with Gasteiger partial charge in [0.2, 0.25) is 0 Å². The van der Waals surface area contributed by atoms with Gasteiger partial charge in [0, 0.05) is 19.3 Å². The van der Waals surface area contributed by atoms with Crippen LogP contribution in [-0.4, -0.2) is 37.2 Å². The predicted molar refractivity (Wildman–Crippen MR) is 334 cm³/mol. The predicted octanol–water partition coefficient (Wildman–Crippen LogP) is 22.0. The van der Waals surface area contributed by atoms with E-state index in [9.17, 15) is 14.4 Å². The summed E-state index contributed by atoms with van der Waals surface area (Å²) < 4.78 is 16.9. The standard InChI is InChI=1S/C71H118O6/c1-4-7-10-13-16-19-22-24-26-28-30-31-32-33-34-35-36-37-38-39-41-42-44-46-49-52-55-58-61-64-70(73)76-67-68(66-75-69(72)63-60-57-54-51-48-21-18-15-12-9-6-3)77-71(74)65-62-59-56-53-50-47-45-43-40-29-27-25-23-20-17-14-11-8-5-2/h7,10,15-20,24-27,30-31,33-34,36-37,39,41,68H,4-6,8-9,11-14,21-23,28-29,32,35,38,40,42-67H2,1-3H3/b10-7-,18-15-,19-16-,20-17-,26-24-,27-25-,31-30-,34-33-,37-36-,41-39-. The van der Waals surface area contributed by atoms with Crippen LogP contribution in [0.3, 0.4) is 0 Å². The Kier molecular flexibility index (Phi) is 60.8. The molecule has 0 rings (SSSR count). The number of carbonyl (C=O) groups is 3. The van der Waals surface area contributed by atoms with Crippen molar-refractivity contribution in [3.8, 4) is 0 Å². The highest BCUT2D eigenvalue weighted by Gasteiger charge is 2.19. The molecule has 0 aliphatic carbocycles. The second-order valence-corrected chi connectivity index (χ2v) is 20.9. The molecule has 0 radical (unpaired) electrons. The molecule has 0 saturated carbocycles. The summed E-state index contributed by atoms with van der Waals surface area (Å²) in [7, 11) is 0. The van der Waals surface area contributed by atoms with Crippen molar-refractivity contribution < 1.29 is 28.6 Å². The third-order valence-corrected chi connectivity index (χ3v) is 13.4. The lowest BCUT2D eigenvalue weighted by molar-refractivity contribution is -0.167. The van der Waals surface area contributed by atoms with Gasteiger partial charge in [0.25, 0.3) is 0 Å². The molecule has 438 valence electrons. The average molecular weight is 1070 g/mol. The Hall–Kier alpha value is -4.19. The van der Waals surface area contributed by atoms with Crippen LogP contribution in [0, 0.1) is 0 Å². The van der Waals surface area contributed by atoms with Crippen LogP contribution in [0.5, 0.6) is 0 Å². The summed E-state index contributed by atoms with van der Waals surface area (Å²) >= 11 is 0. The van der Waals surface area contributed by atoms with Gasteiger partial charge in [-0.3, -0.25) is 14.4 Å². The first-order valence-corrected chi connectivity index (χ1v) is 32.0. The maximum atomic E-state index is 12.9. The van der Waals surface area contributed by atoms with E-state index in [-0.39, 0.29) is 31.1 Å². The number of ether oxygens (including phenoxy) is 3. The van der Waals surface area contributed by atoms with Crippen LogP contribution in [0.25, 0.3) is 0 Å². The summed E-state index contributed by atoms with van der Waals surface area (Å²) in [6.45, 7) is 6.45. The first kappa shape index (κ1) is 72.8. The lowest BCUT2D eigenvalue weighted by Gasteiger charge is -2.18. The Bertz CT molecular complexity index is 1600. The van der Waals surface area contributed by atoms with E-state index in [0.29, 0.717) is 19.3 Å². The minimum absolute atomic E-state index is 0.0890. The third kappa shape index (κ3) is 62.5. The van der Waals surface area contributed by atoms with Crippen molar-refractivity contribution in [3.05, 3.63) is 122 Å². The first-order chi connectivity index (χ1) is 38.0. The normalized spacial score (nSPS) is 12.9. The number of esters is 3. The summed E-state index contributed by atoms with van der Waals surface area (Å²) in [5, 5.41) is 0. The Balaban J connectivity index is 4.31. The van der Waals surface area contributed by atoms with Gasteiger partial charge in [-0.15, -0.1) is 0 Å². The molecule has 0 saturated heterocycles. The van der Waals surface area contributed by atoms with E-state index in [0.717, 1.165) is 122 Å². The molecule has 0 spiro atoms. The number of hydrogen-bond acceptors (Lipinski definition) is 6. The summed E-state index contributed by atoms with van der Waals surface area (Å²) in [6.07, 6.45) is 89.2. The molecule has 0 amide bonds. The van der Waals surface area contributed by atoms with Crippen LogP contribution in [0.4, 0.5) is 0 Å². The van der Waals surface area contributed by atoms with E-state index in [2.05, 4.69) is 142 Å². The smallest absolute Gasteiger partial charge is 0.306 e. The summed E-state index contributed by atoms with van der Waals surface area (Å²) in [5.41, 5.74) is 0.